The van der Waals surface area contributed by atoms with Crippen molar-refractivity contribution >= 4 is 39.1 Å². The van der Waals surface area contributed by atoms with Crippen molar-refractivity contribution in [2.45, 2.75) is 19.4 Å². The molecule has 1 aromatic carbocycles. The maximum absolute atomic E-state index is 6.26. The van der Waals surface area contributed by atoms with Crippen LogP contribution in [0.2, 0.25) is 10.0 Å². The number of rotatable bonds is 3. The molecule has 0 fully saturated rings. The van der Waals surface area contributed by atoms with Crippen molar-refractivity contribution in [3.05, 3.63) is 44.9 Å². The molecule has 0 unspecified atom stereocenters. The summed E-state index contributed by atoms with van der Waals surface area (Å²) < 4.78 is 2.63. The Morgan fingerprint density at radius 2 is 2.11 bits per heavy atom. The molecule has 6 heteroatoms. The van der Waals surface area contributed by atoms with E-state index in [2.05, 4.69) is 20.9 Å². The van der Waals surface area contributed by atoms with Gasteiger partial charge in [-0.3, -0.25) is 0 Å². The summed E-state index contributed by atoms with van der Waals surface area (Å²) >= 11 is 15.7. The highest BCUT2D eigenvalue weighted by Gasteiger charge is 2.15. The van der Waals surface area contributed by atoms with E-state index in [1.165, 1.54) is 0 Å². The van der Waals surface area contributed by atoms with Gasteiger partial charge in [0.2, 0.25) is 0 Å². The van der Waals surface area contributed by atoms with E-state index in [1.54, 1.807) is 12.5 Å². The predicted octanol–water partition coefficient (Wildman–Crippen LogP) is 4.35. The summed E-state index contributed by atoms with van der Waals surface area (Å²) in [4.78, 5) is 4.13. The molecule has 3 nitrogen and oxygen atoms in total. The first kappa shape index (κ1) is 13.9. The molecule has 0 spiro atoms. The van der Waals surface area contributed by atoms with Crippen LogP contribution in [0.4, 0.5) is 0 Å². The second-order valence-electron chi connectivity index (χ2n) is 3.90. The molecule has 0 aliphatic rings. The largest absolute Gasteiger partial charge is 0.323 e. The molecule has 0 amide bonds. The Hall–Kier alpha value is -0.550. The van der Waals surface area contributed by atoms with E-state index >= 15 is 0 Å². The molecule has 96 valence electrons. The highest BCUT2D eigenvalue weighted by atomic mass is 79.9. The van der Waals surface area contributed by atoms with E-state index in [4.69, 9.17) is 28.9 Å². The van der Waals surface area contributed by atoms with Gasteiger partial charge in [0.25, 0.3) is 0 Å². The van der Waals surface area contributed by atoms with Crippen LogP contribution in [0.25, 0.3) is 5.69 Å². The SMILES string of the molecule is CC[C@@H](N)c1cncn1-c1ccc(Br)c(Cl)c1Cl. The fourth-order valence-electron chi connectivity index (χ4n) is 1.69. The fourth-order valence-corrected chi connectivity index (χ4v) is 2.55. The fraction of sp³-hybridized carbons (Fsp3) is 0.250. The van der Waals surface area contributed by atoms with Crippen LogP contribution in [-0.4, -0.2) is 9.55 Å². The summed E-state index contributed by atoms with van der Waals surface area (Å²) in [5.74, 6) is 0. The highest BCUT2D eigenvalue weighted by molar-refractivity contribution is 9.10. The normalized spacial score (nSPS) is 12.7. The van der Waals surface area contributed by atoms with Gasteiger partial charge in [-0.05, 0) is 34.5 Å². The Morgan fingerprint density at radius 3 is 2.78 bits per heavy atom. The molecule has 0 saturated heterocycles. The molecule has 0 aliphatic carbocycles. The summed E-state index contributed by atoms with van der Waals surface area (Å²) in [6, 6.07) is 3.66. The Kier molecular flexibility index (Phi) is 4.33. The average Bonchev–Trinajstić information content (AvgIpc) is 2.84. The van der Waals surface area contributed by atoms with Gasteiger partial charge in [0, 0.05) is 10.5 Å². The van der Waals surface area contributed by atoms with Gasteiger partial charge in [0.15, 0.2) is 0 Å². The first-order valence-electron chi connectivity index (χ1n) is 5.48. The summed E-state index contributed by atoms with van der Waals surface area (Å²) in [5.41, 5.74) is 7.74. The number of aromatic nitrogens is 2. The summed E-state index contributed by atoms with van der Waals surface area (Å²) in [7, 11) is 0. The molecule has 2 N–H and O–H groups in total. The van der Waals surface area contributed by atoms with Crippen LogP contribution in [0, 0.1) is 0 Å². The van der Waals surface area contributed by atoms with Gasteiger partial charge in [-0.15, -0.1) is 0 Å². The Labute approximate surface area is 124 Å². The lowest BCUT2D eigenvalue weighted by molar-refractivity contribution is 0.660. The Morgan fingerprint density at radius 1 is 1.39 bits per heavy atom. The minimum atomic E-state index is -0.0778. The van der Waals surface area contributed by atoms with Crippen LogP contribution >= 0.6 is 39.1 Å². The maximum atomic E-state index is 6.26. The van der Waals surface area contributed by atoms with Crippen LogP contribution < -0.4 is 5.73 Å². The number of hydrogen-bond donors (Lipinski definition) is 1. The molecule has 0 aliphatic heterocycles. The zero-order valence-electron chi connectivity index (χ0n) is 9.70. The van der Waals surface area contributed by atoms with E-state index in [0.29, 0.717) is 10.0 Å². The van der Waals surface area contributed by atoms with E-state index < -0.39 is 0 Å². The van der Waals surface area contributed by atoms with Gasteiger partial charge < -0.3 is 10.3 Å². The van der Waals surface area contributed by atoms with E-state index in [9.17, 15) is 0 Å². The van der Waals surface area contributed by atoms with Crippen LogP contribution in [0.1, 0.15) is 25.1 Å². The third kappa shape index (κ3) is 2.43. The molecular weight excluding hydrogens is 337 g/mol. The molecule has 0 radical (unpaired) electrons. The first-order valence-corrected chi connectivity index (χ1v) is 7.02. The number of imidazole rings is 1. The summed E-state index contributed by atoms with van der Waals surface area (Å²) in [5, 5.41) is 0.965. The van der Waals surface area contributed by atoms with Crippen LogP contribution in [0.3, 0.4) is 0 Å². The molecule has 1 atom stereocenters. The topological polar surface area (TPSA) is 43.8 Å². The molecular formula is C12H12BrCl2N3. The van der Waals surface area contributed by atoms with Crippen LogP contribution in [0.5, 0.6) is 0 Å². The van der Waals surface area contributed by atoms with Crippen LogP contribution in [0.15, 0.2) is 29.1 Å². The lowest BCUT2D eigenvalue weighted by Crippen LogP contribution is -2.13. The monoisotopic (exact) mass is 347 g/mol. The second-order valence-corrected chi connectivity index (χ2v) is 5.51. The van der Waals surface area contributed by atoms with Gasteiger partial charge in [-0.25, -0.2) is 4.98 Å². The lowest BCUT2D eigenvalue weighted by atomic mass is 10.2. The van der Waals surface area contributed by atoms with Gasteiger partial charge in [0.1, 0.15) is 0 Å². The Bertz CT molecular complexity index is 568. The number of nitrogens with two attached hydrogens (primary N) is 1. The van der Waals surface area contributed by atoms with E-state index in [0.717, 1.165) is 22.3 Å². The molecule has 0 saturated carbocycles. The molecule has 2 aromatic rings. The van der Waals surface area contributed by atoms with Crippen molar-refractivity contribution in [1.82, 2.24) is 9.55 Å². The minimum absolute atomic E-state index is 0.0778. The molecule has 1 heterocycles. The van der Waals surface area contributed by atoms with Crippen molar-refractivity contribution in [2.75, 3.05) is 0 Å². The first-order chi connectivity index (χ1) is 8.56. The lowest BCUT2D eigenvalue weighted by Gasteiger charge is -2.15. The minimum Gasteiger partial charge on any atom is -0.323 e. The number of benzene rings is 1. The zero-order chi connectivity index (χ0) is 13.3. The molecule has 18 heavy (non-hydrogen) atoms. The third-order valence-electron chi connectivity index (χ3n) is 2.76. The summed E-state index contributed by atoms with van der Waals surface area (Å²) in [6.45, 7) is 2.03. The molecule has 1 aromatic heterocycles. The van der Waals surface area contributed by atoms with Crippen molar-refractivity contribution in [3.8, 4) is 5.69 Å². The highest BCUT2D eigenvalue weighted by Crippen LogP contribution is 2.35. The van der Waals surface area contributed by atoms with Crippen LogP contribution in [-0.2, 0) is 0 Å². The van der Waals surface area contributed by atoms with Gasteiger partial charge >= 0.3 is 0 Å². The average molecular weight is 349 g/mol. The van der Waals surface area contributed by atoms with Crippen molar-refractivity contribution < 1.29 is 0 Å². The molecule has 0 bridgehead atoms. The number of halogens is 3. The standard InChI is InChI=1S/C12H12BrCl2N3/c1-2-8(16)10-5-17-6-18(10)9-4-3-7(13)11(14)12(9)15/h3-6,8H,2,16H2,1H3/t8-/m1/s1. The van der Waals surface area contributed by atoms with E-state index in [-0.39, 0.29) is 6.04 Å². The second kappa shape index (κ2) is 5.61. The van der Waals surface area contributed by atoms with Crippen molar-refractivity contribution in [2.24, 2.45) is 5.73 Å². The number of nitrogens with zero attached hydrogens (tertiary/aromatic N) is 2. The van der Waals surface area contributed by atoms with Crippen molar-refractivity contribution in [3.63, 3.8) is 0 Å². The van der Waals surface area contributed by atoms with E-state index in [1.807, 2.05) is 23.6 Å². The summed E-state index contributed by atoms with van der Waals surface area (Å²) in [6.07, 6.45) is 4.27. The van der Waals surface area contributed by atoms with Crippen molar-refractivity contribution in [1.29, 1.82) is 0 Å². The van der Waals surface area contributed by atoms with Gasteiger partial charge in [-0.2, -0.15) is 0 Å². The van der Waals surface area contributed by atoms with Gasteiger partial charge in [-0.1, -0.05) is 30.1 Å². The molecule has 2 rings (SSSR count). The smallest absolute Gasteiger partial charge is 0.0995 e. The zero-order valence-corrected chi connectivity index (χ0v) is 12.8. The third-order valence-corrected chi connectivity index (χ3v) is 4.52. The number of hydrogen-bond acceptors (Lipinski definition) is 2. The maximum Gasteiger partial charge on any atom is 0.0995 e. The van der Waals surface area contributed by atoms with Gasteiger partial charge in [0.05, 0.1) is 34.0 Å². The Balaban J connectivity index is 2.56. The quantitative estimate of drug-likeness (QED) is 0.838. The predicted molar refractivity (Wildman–Crippen MR) is 78.5 cm³/mol.